The number of nitrogens with two attached hydrogens (primary N) is 1. The number of anilines is 2. The fourth-order valence-corrected chi connectivity index (χ4v) is 4.05. The smallest absolute Gasteiger partial charge is 0.330 e. The number of nitrogens with one attached hydrogen (secondary N) is 1. The largest absolute Gasteiger partial charge is 0.383 e. The van der Waals surface area contributed by atoms with E-state index in [-0.39, 0.29) is 24.6 Å². The molecule has 2 aromatic heterocycles. The van der Waals surface area contributed by atoms with E-state index >= 15 is 0 Å². The number of aromatic nitrogens is 4. The fraction of sp³-hybridized carbons (Fsp3) is 0.391. The first kappa shape index (κ1) is 21.6. The van der Waals surface area contributed by atoms with E-state index in [0.29, 0.717) is 18.3 Å². The summed E-state index contributed by atoms with van der Waals surface area (Å²) in [4.78, 5) is 34.0. The quantitative estimate of drug-likeness (QED) is 0.521. The second kappa shape index (κ2) is 9.67. The molecule has 0 bridgehead atoms. The van der Waals surface area contributed by atoms with Crippen molar-refractivity contribution in [2.75, 3.05) is 17.2 Å². The van der Waals surface area contributed by atoms with Crippen LogP contribution < -0.4 is 21.9 Å². The maximum absolute atomic E-state index is 12.9. The number of hydrogen-bond acceptors (Lipinski definition) is 7. The summed E-state index contributed by atoms with van der Waals surface area (Å²) in [6.07, 6.45) is 7.62. The van der Waals surface area contributed by atoms with Crippen LogP contribution in [0, 0.1) is 6.92 Å². The molecule has 9 heteroatoms. The monoisotopic (exact) mass is 436 g/mol. The lowest BCUT2D eigenvalue weighted by molar-refractivity contribution is 0.372. The predicted molar refractivity (Wildman–Crippen MR) is 123 cm³/mol. The molecule has 0 amide bonds. The number of nitrogen functional groups attached to an aromatic ring is 1. The number of allylic oxidation sites excluding steroid dienone is 1. The van der Waals surface area contributed by atoms with Gasteiger partial charge in [0, 0.05) is 6.54 Å². The van der Waals surface area contributed by atoms with Crippen LogP contribution in [0.5, 0.6) is 0 Å². The van der Waals surface area contributed by atoms with Crippen LogP contribution >= 0.6 is 0 Å². The predicted octanol–water partition coefficient (Wildman–Crippen LogP) is 2.76. The molecule has 4 rings (SSSR count). The summed E-state index contributed by atoms with van der Waals surface area (Å²) in [5, 5.41) is 3.85. The molecule has 0 radical (unpaired) electrons. The number of aryl methyl sites for hydroxylation is 1. The molecule has 0 unspecified atom stereocenters. The van der Waals surface area contributed by atoms with Crippen molar-refractivity contribution in [2.45, 2.75) is 52.1 Å². The minimum atomic E-state index is -0.538. The van der Waals surface area contributed by atoms with E-state index in [1.165, 1.54) is 23.0 Å². The zero-order valence-corrected chi connectivity index (χ0v) is 18.2. The van der Waals surface area contributed by atoms with Crippen molar-refractivity contribution in [1.29, 1.82) is 0 Å². The average Bonchev–Trinajstić information content (AvgIpc) is 3.20. The molecule has 3 N–H and O–H groups in total. The summed E-state index contributed by atoms with van der Waals surface area (Å²) in [6.45, 7) is 2.77. The molecule has 0 fully saturated rings. The topological polar surface area (TPSA) is 123 Å². The Labute approximate surface area is 185 Å². The summed E-state index contributed by atoms with van der Waals surface area (Å²) in [5.41, 5.74) is 7.88. The Balaban J connectivity index is 1.69. The van der Waals surface area contributed by atoms with Gasteiger partial charge in [-0.2, -0.15) is 4.98 Å². The SMILES string of the molecule is Cc1noc(CN(CCC2=CCCCC2)c2c(N)n(Cc3ccccc3)c(=O)[nH]c2=O)n1. The van der Waals surface area contributed by atoms with E-state index in [9.17, 15) is 9.59 Å². The first-order valence-corrected chi connectivity index (χ1v) is 10.9. The molecule has 9 nitrogen and oxygen atoms in total. The second-order valence-electron chi connectivity index (χ2n) is 8.08. The number of benzene rings is 1. The summed E-state index contributed by atoms with van der Waals surface area (Å²) < 4.78 is 6.69. The Kier molecular flexibility index (Phi) is 6.53. The van der Waals surface area contributed by atoms with E-state index < -0.39 is 11.2 Å². The number of aromatic amines is 1. The lowest BCUT2D eigenvalue weighted by Gasteiger charge is -2.26. The number of H-pyrrole nitrogens is 1. The van der Waals surface area contributed by atoms with Gasteiger partial charge in [0.15, 0.2) is 5.82 Å². The Morgan fingerprint density at radius 3 is 2.72 bits per heavy atom. The van der Waals surface area contributed by atoms with Gasteiger partial charge in [0.25, 0.3) is 5.56 Å². The highest BCUT2D eigenvalue weighted by Crippen LogP contribution is 2.24. The minimum absolute atomic E-state index is 0.122. The van der Waals surface area contributed by atoms with Crippen LogP contribution in [-0.2, 0) is 13.1 Å². The molecule has 1 aromatic carbocycles. The van der Waals surface area contributed by atoms with Gasteiger partial charge in [0.1, 0.15) is 11.5 Å². The van der Waals surface area contributed by atoms with Gasteiger partial charge in [0.2, 0.25) is 5.89 Å². The molecule has 3 aromatic rings. The molecule has 0 atom stereocenters. The van der Waals surface area contributed by atoms with E-state index in [2.05, 4.69) is 21.2 Å². The van der Waals surface area contributed by atoms with E-state index in [1.54, 1.807) is 6.92 Å². The highest BCUT2D eigenvalue weighted by molar-refractivity contribution is 5.62. The van der Waals surface area contributed by atoms with Crippen molar-refractivity contribution in [1.82, 2.24) is 19.7 Å². The summed E-state index contributed by atoms with van der Waals surface area (Å²) in [5.74, 6) is 1.03. The number of hydrogen-bond donors (Lipinski definition) is 2. The van der Waals surface area contributed by atoms with Crippen molar-refractivity contribution >= 4 is 11.5 Å². The highest BCUT2D eigenvalue weighted by atomic mass is 16.5. The molecule has 168 valence electrons. The van der Waals surface area contributed by atoms with Crippen LogP contribution in [-0.4, -0.2) is 26.2 Å². The van der Waals surface area contributed by atoms with Gasteiger partial charge in [-0.05, 0) is 44.6 Å². The van der Waals surface area contributed by atoms with E-state index in [4.69, 9.17) is 10.3 Å². The third-order valence-electron chi connectivity index (χ3n) is 5.70. The van der Waals surface area contributed by atoms with Gasteiger partial charge in [0.05, 0.1) is 13.1 Å². The molecule has 32 heavy (non-hydrogen) atoms. The van der Waals surface area contributed by atoms with Crippen molar-refractivity contribution in [3.05, 3.63) is 80.1 Å². The van der Waals surface area contributed by atoms with Crippen LogP contribution in [0.3, 0.4) is 0 Å². The zero-order valence-electron chi connectivity index (χ0n) is 18.2. The Morgan fingerprint density at radius 1 is 1.22 bits per heavy atom. The normalized spacial score (nSPS) is 13.7. The molecular formula is C23H28N6O3. The Bertz CT molecular complexity index is 1210. The molecule has 0 saturated carbocycles. The van der Waals surface area contributed by atoms with Gasteiger partial charge in [-0.25, -0.2) is 4.79 Å². The van der Waals surface area contributed by atoms with Crippen molar-refractivity contribution in [3.8, 4) is 0 Å². The highest BCUT2D eigenvalue weighted by Gasteiger charge is 2.22. The van der Waals surface area contributed by atoms with E-state index in [0.717, 1.165) is 24.8 Å². The van der Waals surface area contributed by atoms with Crippen molar-refractivity contribution in [2.24, 2.45) is 0 Å². The van der Waals surface area contributed by atoms with E-state index in [1.807, 2.05) is 35.2 Å². The third-order valence-corrected chi connectivity index (χ3v) is 5.70. The van der Waals surface area contributed by atoms with Crippen LogP contribution in [0.1, 0.15) is 49.4 Å². The number of rotatable bonds is 8. The minimum Gasteiger partial charge on any atom is -0.383 e. The third kappa shape index (κ3) is 4.99. The van der Waals surface area contributed by atoms with Gasteiger partial charge in [-0.1, -0.05) is 47.1 Å². The van der Waals surface area contributed by atoms with Gasteiger partial charge < -0.3 is 15.2 Å². The fourth-order valence-electron chi connectivity index (χ4n) is 4.05. The lowest BCUT2D eigenvalue weighted by Crippen LogP contribution is -2.39. The molecule has 1 aliphatic carbocycles. The number of nitrogens with zero attached hydrogens (tertiary/aromatic N) is 4. The first-order valence-electron chi connectivity index (χ1n) is 10.9. The van der Waals surface area contributed by atoms with Crippen LogP contribution in [0.4, 0.5) is 11.5 Å². The zero-order chi connectivity index (χ0) is 22.5. The molecule has 0 spiro atoms. The van der Waals surface area contributed by atoms with Crippen molar-refractivity contribution < 1.29 is 4.52 Å². The maximum Gasteiger partial charge on any atom is 0.330 e. The van der Waals surface area contributed by atoms with Crippen LogP contribution in [0.15, 0.2) is 56.1 Å². The molecule has 2 heterocycles. The first-order chi connectivity index (χ1) is 15.5. The molecule has 1 aliphatic rings. The average molecular weight is 437 g/mol. The van der Waals surface area contributed by atoms with Gasteiger partial charge >= 0.3 is 5.69 Å². The summed E-state index contributed by atoms with van der Waals surface area (Å²) in [6, 6.07) is 9.51. The maximum atomic E-state index is 12.9. The standard InChI is InChI=1S/C23H28N6O3/c1-16-25-19(32-27-16)15-28(13-12-17-8-4-2-5-9-17)20-21(24)29(23(31)26-22(20)30)14-18-10-6-3-7-11-18/h3,6-8,10-11H,2,4-5,9,12-15,24H2,1H3,(H,26,30,31). The summed E-state index contributed by atoms with van der Waals surface area (Å²) >= 11 is 0. The molecule has 0 saturated heterocycles. The van der Waals surface area contributed by atoms with Gasteiger partial charge in [-0.15, -0.1) is 0 Å². The molecular weight excluding hydrogens is 408 g/mol. The lowest BCUT2D eigenvalue weighted by atomic mass is 9.97. The Morgan fingerprint density at radius 2 is 2.03 bits per heavy atom. The van der Waals surface area contributed by atoms with Gasteiger partial charge in [-0.3, -0.25) is 14.3 Å². The van der Waals surface area contributed by atoms with Crippen LogP contribution in [0.2, 0.25) is 0 Å². The Hall–Kier alpha value is -3.62. The molecule has 0 aliphatic heterocycles. The van der Waals surface area contributed by atoms with Crippen LogP contribution in [0.25, 0.3) is 0 Å². The second-order valence-corrected chi connectivity index (χ2v) is 8.08. The summed E-state index contributed by atoms with van der Waals surface area (Å²) in [7, 11) is 0. The van der Waals surface area contributed by atoms with Crippen molar-refractivity contribution in [3.63, 3.8) is 0 Å².